The van der Waals surface area contributed by atoms with Crippen LogP contribution in [0.25, 0.3) is 0 Å². The molecule has 1 aliphatic heterocycles. The number of hydrogen-bond donors (Lipinski definition) is 0. The van der Waals surface area contributed by atoms with Gasteiger partial charge < -0.3 is 33.2 Å². The fraction of sp³-hybridized carbons (Fsp3) is 0.778. The van der Waals surface area contributed by atoms with E-state index in [-0.39, 0.29) is 19.8 Å². The molecule has 5 atom stereocenters. The standard InChI is InChI=1S/C18H28O11S/c1-10(19)25-8-14-15(26-11(2)20)16(27-12(3)21)17(28-13(4)22)18(29-14)24-7-6-23-9-30-5/h14-18H,6-9H2,1-5H3/t14-,15-,16+,17+,18+/m1/s1. The highest BCUT2D eigenvalue weighted by Gasteiger charge is 2.52. The van der Waals surface area contributed by atoms with E-state index in [1.807, 2.05) is 6.26 Å². The second-order valence-electron chi connectivity index (χ2n) is 6.25. The molecule has 0 N–H and O–H groups in total. The summed E-state index contributed by atoms with van der Waals surface area (Å²) in [5, 5.41) is 0. The number of rotatable bonds is 11. The van der Waals surface area contributed by atoms with E-state index < -0.39 is 54.6 Å². The molecule has 1 saturated heterocycles. The van der Waals surface area contributed by atoms with E-state index in [9.17, 15) is 19.2 Å². The van der Waals surface area contributed by atoms with Crippen LogP contribution in [0.3, 0.4) is 0 Å². The van der Waals surface area contributed by atoms with Crippen molar-refractivity contribution in [3.8, 4) is 0 Å². The van der Waals surface area contributed by atoms with Gasteiger partial charge in [-0.25, -0.2) is 0 Å². The van der Waals surface area contributed by atoms with Crippen LogP contribution in [0.1, 0.15) is 27.7 Å². The Morgan fingerprint density at radius 2 is 1.37 bits per heavy atom. The highest BCUT2D eigenvalue weighted by molar-refractivity contribution is 7.98. The Balaban J connectivity index is 3.13. The molecule has 0 spiro atoms. The average Bonchev–Trinajstić information content (AvgIpc) is 2.63. The summed E-state index contributed by atoms with van der Waals surface area (Å²) in [5.74, 6) is -2.21. The lowest BCUT2D eigenvalue weighted by Gasteiger charge is -2.44. The summed E-state index contributed by atoms with van der Waals surface area (Å²) in [6, 6.07) is 0. The quantitative estimate of drug-likeness (QED) is 0.186. The van der Waals surface area contributed by atoms with Crippen molar-refractivity contribution in [1.82, 2.24) is 0 Å². The molecule has 1 fully saturated rings. The van der Waals surface area contributed by atoms with E-state index in [4.69, 9.17) is 33.2 Å². The lowest BCUT2D eigenvalue weighted by Crippen LogP contribution is -2.63. The molecular formula is C18H28O11S. The van der Waals surface area contributed by atoms with Gasteiger partial charge in [0.05, 0.1) is 19.2 Å². The molecule has 0 bridgehead atoms. The third-order valence-electron chi connectivity index (χ3n) is 3.66. The van der Waals surface area contributed by atoms with Crippen LogP contribution in [0, 0.1) is 0 Å². The molecule has 0 aromatic carbocycles. The molecule has 1 aliphatic rings. The largest absolute Gasteiger partial charge is 0.463 e. The van der Waals surface area contributed by atoms with Crippen LogP contribution in [0.2, 0.25) is 0 Å². The molecule has 0 aliphatic carbocycles. The first-order valence-electron chi connectivity index (χ1n) is 9.14. The summed E-state index contributed by atoms with van der Waals surface area (Å²) in [6.07, 6.45) is -4.04. The van der Waals surface area contributed by atoms with Gasteiger partial charge in [0, 0.05) is 27.7 Å². The van der Waals surface area contributed by atoms with Crippen molar-refractivity contribution in [2.45, 2.75) is 58.4 Å². The zero-order valence-corrected chi connectivity index (χ0v) is 18.4. The average molecular weight is 452 g/mol. The molecule has 0 unspecified atom stereocenters. The predicted octanol–water partition coefficient (Wildman–Crippen LogP) is 0.423. The fourth-order valence-corrected chi connectivity index (χ4v) is 2.97. The van der Waals surface area contributed by atoms with Gasteiger partial charge in [0.1, 0.15) is 12.7 Å². The smallest absolute Gasteiger partial charge is 0.303 e. The molecule has 172 valence electrons. The van der Waals surface area contributed by atoms with Gasteiger partial charge in [-0.2, -0.15) is 0 Å². The Labute approximate surface area is 179 Å². The van der Waals surface area contributed by atoms with Gasteiger partial charge in [-0.3, -0.25) is 19.2 Å². The van der Waals surface area contributed by atoms with Crippen LogP contribution >= 0.6 is 11.8 Å². The summed E-state index contributed by atoms with van der Waals surface area (Å²) in [6.45, 7) is 4.67. The molecule has 0 radical (unpaired) electrons. The first kappa shape index (κ1) is 26.1. The van der Waals surface area contributed by atoms with Crippen molar-refractivity contribution >= 4 is 35.6 Å². The Hall–Kier alpha value is -1.89. The monoisotopic (exact) mass is 452 g/mol. The van der Waals surface area contributed by atoms with Gasteiger partial charge in [-0.1, -0.05) is 0 Å². The Kier molecular flexibility index (Phi) is 11.7. The number of ether oxygens (including phenoxy) is 7. The summed E-state index contributed by atoms with van der Waals surface area (Å²) in [5.41, 5.74) is 0. The number of carbonyl (C=O) groups excluding carboxylic acids is 4. The summed E-state index contributed by atoms with van der Waals surface area (Å²) >= 11 is 1.49. The second-order valence-corrected chi connectivity index (χ2v) is 7.07. The highest BCUT2D eigenvalue weighted by atomic mass is 32.2. The lowest BCUT2D eigenvalue weighted by molar-refractivity contribution is -0.309. The Morgan fingerprint density at radius 3 is 1.90 bits per heavy atom. The van der Waals surface area contributed by atoms with Crippen molar-refractivity contribution in [3.05, 3.63) is 0 Å². The maximum atomic E-state index is 11.7. The maximum absolute atomic E-state index is 11.7. The van der Waals surface area contributed by atoms with E-state index in [2.05, 4.69) is 0 Å². The molecule has 1 rings (SSSR count). The number of esters is 4. The third kappa shape index (κ3) is 9.28. The van der Waals surface area contributed by atoms with E-state index in [0.717, 1.165) is 20.8 Å². The summed E-state index contributed by atoms with van der Waals surface area (Å²) in [4.78, 5) is 46.2. The number of hydrogen-bond acceptors (Lipinski definition) is 12. The van der Waals surface area contributed by atoms with E-state index in [0.29, 0.717) is 5.94 Å². The normalized spacial score (nSPS) is 25.8. The minimum Gasteiger partial charge on any atom is -0.463 e. The van der Waals surface area contributed by atoms with E-state index in [1.165, 1.54) is 18.7 Å². The fourth-order valence-electron chi connectivity index (χ4n) is 2.69. The molecule has 0 amide bonds. The minimum atomic E-state index is -1.25. The van der Waals surface area contributed by atoms with Gasteiger partial charge in [-0.15, -0.1) is 11.8 Å². The van der Waals surface area contributed by atoms with Gasteiger partial charge in [-0.05, 0) is 6.26 Å². The third-order valence-corrected chi connectivity index (χ3v) is 4.06. The maximum Gasteiger partial charge on any atom is 0.303 e. The highest BCUT2D eigenvalue weighted by Crippen LogP contribution is 2.29. The zero-order valence-electron chi connectivity index (χ0n) is 17.6. The first-order valence-corrected chi connectivity index (χ1v) is 10.5. The van der Waals surface area contributed by atoms with Crippen molar-refractivity contribution in [2.75, 3.05) is 32.0 Å². The van der Waals surface area contributed by atoms with Crippen molar-refractivity contribution in [3.63, 3.8) is 0 Å². The summed E-state index contributed by atoms with van der Waals surface area (Å²) < 4.78 is 37.5. The Bertz CT molecular complexity index is 597. The van der Waals surface area contributed by atoms with E-state index >= 15 is 0 Å². The Morgan fingerprint density at radius 1 is 0.800 bits per heavy atom. The molecule has 12 heteroatoms. The SMILES string of the molecule is CSCOCCO[C@H]1O[C@H](COC(C)=O)[C@@H](OC(C)=O)[C@H](OC(C)=O)[C@@H]1OC(C)=O. The van der Waals surface area contributed by atoms with Crippen molar-refractivity contribution in [2.24, 2.45) is 0 Å². The van der Waals surface area contributed by atoms with Crippen LogP contribution < -0.4 is 0 Å². The van der Waals surface area contributed by atoms with Crippen molar-refractivity contribution < 1.29 is 52.3 Å². The molecule has 0 saturated carbocycles. The van der Waals surface area contributed by atoms with Crippen molar-refractivity contribution in [1.29, 1.82) is 0 Å². The topological polar surface area (TPSA) is 133 Å². The summed E-state index contributed by atoms with van der Waals surface area (Å²) in [7, 11) is 0. The van der Waals surface area contributed by atoms with Gasteiger partial charge in [0.15, 0.2) is 24.6 Å². The van der Waals surface area contributed by atoms with Crippen LogP contribution in [0.4, 0.5) is 0 Å². The molecule has 0 aromatic heterocycles. The first-order chi connectivity index (χ1) is 14.1. The second kappa shape index (κ2) is 13.4. The molecule has 0 aromatic rings. The van der Waals surface area contributed by atoms with Crippen LogP contribution in [0.5, 0.6) is 0 Å². The molecule has 11 nitrogen and oxygen atoms in total. The lowest BCUT2D eigenvalue weighted by atomic mass is 9.98. The van der Waals surface area contributed by atoms with Gasteiger partial charge in [0.25, 0.3) is 0 Å². The zero-order chi connectivity index (χ0) is 22.7. The molecular weight excluding hydrogens is 424 g/mol. The molecule has 30 heavy (non-hydrogen) atoms. The van der Waals surface area contributed by atoms with Gasteiger partial charge >= 0.3 is 23.9 Å². The van der Waals surface area contributed by atoms with Crippen LogP contribution in [0.15, 0.2) is 0 Å². The van der Waals surface area contributed by atoms with Crippen LogP contribution in [-0.4, -0.2) is 86.6 Å². The predicted molar refractivity (Wildman–Crippen MR) is 102 cm³/mol. The number of carbonyl (C=O) groups is 4. The van der Waals surface area contributed by atoms with Gasteiger partial charge in [0.2, 0.25) is 0 Å². The molecule has 1 heterocycles. The van der Waals surface area contributed by atoms with Crippen LogP contribution in [-0.2, 0) is 52.3 Å². The number of thioether (sulfide) groups is 1. The minimum absolute atomic E-state index is 0.0777. The van der Waals surface area contributed by atoms with E-state index in [1.54, 1.807) is 0 Å².